The zero-order chi connectivity index (χ0) is 17.5. The Morgan fingerprint density at radius 2 is 1.83 bits per heavy atom. The number of benzene rings is 2. The second-order valence-electron chi connectivity index (χ2n) is 4.70. The van der Waals surface area contributed by atoms with Gasteiger partial charge in [-0.15, -0.1) is 0 Å². The van der Waals surface area contributed by atoms with E-state index in [2.05, 4.69) is 0 Å². The Balaban J connectivity index is 2.34. The van der Waals surface area contributed by atoms with Crippen molar-refractivity contribution in [2.75, 3.05) is 6.61 Å². The van der Waals surface area contributed by atoms with Crippen LogP contribution in [-0.2, 0) is 4.79 Å². The molecule has 0 unspecified atom stereocenters. The van der Waals surface area contributed by atoms with Crippen LogP contribution in [0, 0.1) is 17.1 Å². The fourth-order valence-electron chi connectivity index (χ4n) is 1.93. The second kappa shape index (κ2) is 7.70. The molecule has 5 nitrogen and oxygen atoms in total. The number of hydrogen-bond acceptors (Lipinski definition) is 5. The second-order valence-corrected chi connectivity index (χ2v) is 4.70. The van der Waals surface area contributed by atoms with Gasteiger partial charge in [0.15, 0.2) is 0 Å². The van der Waals surface area contributed by atoms with Crippen LogP contribution >= 0.6 is 0 Å². The molecular formula is C18H11FNO4-. The zero-order valence-electron chi connectivity index (χ0n) is 12.4. The van der Waals surface area contributed by atoms with Crippen LogP contribution in [0.4, 0.5) is 4.39 Å². The molecule has 2 aromatic carbocycles. The summed E-state index contributed by atoms with van der Waals surface area (Å²) in [5.74, 6) is -2.26. The molecule has 0 aliphatic rings. The zero-order valence-corrected chi connectivity index (χ0v) is 12.4. The van der Waals surface area contributed by atoms with Gasteiger partial charge in [-0.2, -0.15) is 5.26 Å². The van der Waals surface area contributed by atoms with Gasteiger partial charge in [0.2, 0.25) is 5.78 Å². The number of nitrogens with zero attached hydrogens (tertiary/aromatic N) is 1. The van der Waals surface area contributed by atoms with Crippen LogP contribution in [0.3, 0.4) is 0 Å². The molecule has 0 bridgehead atoms. The first-order valence-corrected chi connectivity index (χ1v) is 6.85. The first-order chi connectivity index (χ1) is 11.5. The summed E-state index contributed by atoms with van der Waals surface area (Å²) < 4.78 is 18.0. The van der Waals surface area contributed by atoms with Crippen molar-refractivity contribution in [2.24, 2.45) is 0 Å². The summed E-state index contributed by atoms with van der Waals surface area (Å²) in [5, 5.41) is 19.7. The Labute approximate surface area is 137 Å². The largest absolute Gasteiger partial charge is 0.546 e. The highest BCUT2D eigenvalue weighted by Crippen LogP contribution is 2.22. The lowest BCUT2D eigenvalue weighted by molar-refractivity contribution is -0.307. The highest BCUT2D eigenvalue weighted by Gasteiger charge is 2.13. The smallest absolute Gasteiger partial charge is 0.203 e. The quantitative estimate of drug-likeness (QED) is 0.459. The van der Waals surface area contributed by atoms with Crippen molar-refractivity contribution in [3.8, 4) is 11.8 Å². The van der Waals surface area contributed by atoms with E-state index < -0.39 is 24.2 Å². The predicted molar refractivity (Wildman–Crippen MR) is 81.3 cm³/mol. The van der Waals surface area contributed by atoms with Crippen molar-refractivity contribution in [2.45, 2.75) is 0 Å². The normalized spacial score (nSPS) is 10.8. The van der Waals surface area contributed by atoms with Gasteiger partial charge in [0.05, 0.1) is 5.97 Å². The van der Waals surface area contributed by atoms with Crippen molar-refractivity contribution in [1.82, 2.24) is 0 Å². The van der Waals surface area contributed by atoms with Crippen molar-refractivity contribution >= 4 is 17.8 Å². The Hall–Kier alpha value is -3.46. The number of nitriles is 1. The third-order valence-corrected chi connectivity index (χ3v) is 3.04. The molecule has 6 heteroatoms. The summed E-state index contributed by atoms with van der Waals surface area (Å²) in [6.45, 7) is -0.654. The van der Waals surface area contributed by atoms with E-state index in [4.69, 9.17) is 4.74 Å². The van der Waals surface area contributed by atoms with Gasteiger partial charge in [-0.05, 0) is 36.4 Å². The summed E-state index contributed by atoms with van der Waals surface area (Å²) >= 11 is 0. The summed E-state index contributed by atoms with van der Waals surface area (Å²) in [7, 11) is 0. The minimum Gasteiger partial charge on any atom is -0.546 e. The number of para-hydroxylation sites is 1. The third kappa shape index (κ3) is 4.27. The first kappa shape index (κ1) is 16.9. The van der Waals surface area contributed by atoms with Gasteiger partial charge in [0.25, 0.3) is 0 Å². The highest BCUT2D eigenvalue weighted by molar-refractivity contribution is 6.14. The van der Waals surface area contributed by atoms with Crippen LogP contribution in [0.25, 0.3) is 6.08 Å². The van der Waals surface area contributed by atoms with Crippen LogP contribution < -0.4 is 9.84 Å². The summed E-state index contributed by atoms with van der Waals surface area (Å²) in [6, 6.07) is 12.9. The van der Waals surface area contributed by atoms with Gasteiger partial charge >= 0.3 is 0 Å². The number of aliphatic carboxylic acids is 1. The number of rotatable bonds is 6. The Morgan fingerprint density at radius 3 is 2.46 bits per heavy atom. The number of Topliss-reactive ketones (excluding diaryl/α,β-unsaturated/α-hetero) is 1. The molecule has 0 saturated carbocycles. The van der Waals surface area contributed by atoms with Crippen molar-refractivity contribution in [3.05, 3.63) is 71.0 Å². The Morgan fingerprint density at radius 1 is 1.17 bits per heavy atom. The van der Waals surface area contributed by atoms with Gasteiger partial charge in [0, 0.05) is 11.1 Å². The minimum atomic E-state index is -1.39. The Bertz CT molecular complexity index is 835. The molecule has 0 spiro atoms. The minimum absolute atomic E-state index is 0.164. The molecule has 24 heavy (non-hydrogen) atoms. The number of carboxylic acids is 1. The van der Waals surface area contributed by atoms with Crippen LogP contribution in [0.15, 0.2) is 54.1 Å². The molecule has 0 heterocycles. The van der Waals surface area contributed by atoms with Gasteiger partial charge in [0.1, 0.15) is 29.8 Å². The molecule has 2 aromatic rings. The lowest BCUT2D eigenvalue weighted by Crippen LogP contribution is -2.29. The number of ketones is 1. The maximum Gasteiger partial charge on any atom is 0.203 e. The summed E-state index contributed by atoms with van der Waals surface area (Å²) in [6.07, 6.45) is 1.29. The number of allylic oxidation sites excluding steroid dienone is 1. The van der Waals surface area contributed by atoms with E-state index >= 15 is 0 Å². The fourth-order valence-corrected chi connectivity index (χ4v) is 1.93. The molecule has 2 rings (SSSR count). The molecule has 0 saturated heterocycles. The van der Waals surface area contributed by atoms with Crippen LogP contribution in [0.1, 0.15) is 15.9 Å². The van der Waals surface area contributed by atoms with E-state index in [1.807, 2.05) is 0 Å². The fraction of sp³-hybridized carbons (Fsp3) is 0.0556. The van der Waals surface area contributed by atoms with Crippen LogP contribution in [0.2, 0.25) is 0 Å². The molecule has 0 aromatic heterocycles. The SMILES string of the molecule is N#C/C(=C\c1ccccc1OCC(=O)[O-])C(=O)c1ccc(F)cc1. The highest BCUT2D eigenvalue weighted by atomic mass is 19.1. The lowest BCUT2D eigenvalue weighted by atomic mass is 10.0. The van der Waals surface area contributed by atoms with Gasteiger partial charge in [-0.3, -0.25) is 4.79 Å². The molecule has 120 valence electrons. The molecule has 0 amide bonds. The van der Waals surface area contributed by atoms with E-state index in [0.29, 0.717) is 5.56 Å². The number of halogens is 1. The van der Waals surface area contributed by atoms with E-state index in [9.17, 15) is 24.3 Å². The lowest BCUT2D eigenvalue weighted by Gasteiger charge is -2.09. The van der Waals surface area contributed by atoms with Gasteiger partial charge in [-0.1, -0.05) is 18.2 Å². The summed E-state index contributed by atoms with van der Waals surface area (Å²) in [5.41, 5.74) is 0.342. The average Bonchev–Trinajstić information content (AvgIpc) is 2.58. The standard InChI is InChI=1S/C18H12FNO4/c19-15-7-5-12(6-8-15)18(23)14(10-20)9-13-3-1-2-4-16(13)24-11-17(21)22/h1-9H,11H2,(H,21,22)/p-1/b14-9+. The van der Waals surface area contributed by atoms with Gasteiger partial charge in [-0.25, -0.2) is 4.39 Å². The van der Waals surface area contributed by atoms with Crippen molar-refractivity contribution < 1.29 is 23.8 Å². The molecular weight excluding hydrogens is 313 g/mol. The predicted octanol–water partition coefficient (Wildman–Crippen LogP) is 1.74. The Kier molecular flexibility index (Phi) is 5.42. The number of carbonyl (C=O) groups is 2. The number of hydrogen-bond donors (Lipinski definition) is 0. The maximum atomic E-state index is 12.9. The number of ether oxygens (including phenoxy) is 1. The molecule has 0 atom stereocenters. The third-order valence-electron chi connectivity index (χ3n) is 3.04. The number of carbonyl (C=O) groups excluding carboxylic acids is 2. The molecule has 0 radical (unpaired) electrons. The number of carboxylic acid groups (broad SMARTS) is 1. The monoisotopic (exact) mass is 324 g/mol. The van der Waals surface area contributed by atoms with Crippen molar-refractivity contribution in [3.63, 3.8) is 0 Å². The molecule has 0 aliphatic heterocycles. The van der Waals surface area contributed by atoms with Crippen LogP contribution in [0.5, 0.6) is 5.75 Å². The molecule has 0 fully saturated rings. The van der Waals surface area contributed by atoms with E-state index in [1.165, 1.54) is 24.3 Å². The molecule has 0 N–H and O–H groups in total. The van der Waals surface area contributed by atoms with Crippen molar-refractivity contribution in [1.29, 1.82) is 5.26 Å². The topological polar surface area (TPSA) is 90.2 Å². The van der Waals surface area contributed by atoms with E-state index in [1.54, 1.807) is 24.3 Å². The van der Waals surface area contributed by atoms with Crippen LogP contribution in [-0.4, -0.2) is 18.4 Å². The average molecular weight is 324 g/mol. The first-order valence-electron chi connectivity index (χ1n) is 6.85. The van der Waals surface area contributed by atoms with E-state index in [-0.39, 0.29) is 16.9 Å². The van der Waals surface area contributed by atoms with E-state index in [0.717, 1.165) is 12.1 Å². The summed E-state index contributed by atoms with van der Waals surface area (Å²) in [4.78, 5) is 22.8. The molecule has 0 aliphatic carbocycles. The maximum absolute atomic E-state index is 12.9. The van der Waals surface area contributed by atoms with Gasteiger partial charge < -0.3 is 14.6 Å².